The van der Waals surface area contributed by atoms with Gasteiger partial charge in [-0.3, -0.25) is 4.79 Å². The molecular formula is C20H16F3N3O3. The maximum atomic E-state index is 13.3. The highest BCUT2D eigenvalue weighted by atomic mass is 19.4. The van der Waals surface area contributed by atoms with Crippen molar-refractivity contribution in [2.75, 3.05) is 4.90 Å². The Hall–Kier alpha value is -3.54. The summed E-state index contributed by atoms with van der Waals surface area (Å²) < 4.78 is 39.8. The minimum Gasteiger partial charge on any atom is -0.508 e. The number of alkyl halides is 3. The molecule has 3 amide bonds. The molecule has 3 rings (SSSR count). The molecule has 0 atom stereocenters. The first-order valence-electron chi connectivity index (χ1n) is 8.52. The van der Waals surface area contributed by atoms with Crippen LogP contribution in [0.5, 0.6) is 5.75 Å². The molecule has 1 saturated heterocycles. The van der Waals surface area contributed by atoms with Gasteiger partial charge in [-0.05, 0) is 49.7 Å². The van der Waals surface area contributed by atoms with Crippen LogP contribution in [0.4, 0.5) is 23.7 Å². The van der Waals surface area contributed by atoms with Gasteiger partial charge in [0.1, 0.15) is 11.3 Å². The summed E-state index contributed by atoms with van der Waals surface area (Å²) in [7, 11) is 0. The number of nitriles is 1. The van der Waals surface area contributed by atoms with Crippen LogP contribution < -0.4 is 4.90 Å². The van der Waals surface area contributed by atoms with Gasteiger partial charge in [-0.25, -0.2) is 9.69 Å². The number of carbonyl (C=O) groups is 2. The van der Waals surface area contributed by atoms with Gasteiger partial charge in [0, 0.05) is 6.54 Å². The number of nitrogens with zero attached hydrogens (tertiary/aromatic N) is 3. The van der Waals surface area contributed by atoms with E-state index in [1.54, 1.807) is 12.1 Å². The number of aromatic hydroxyl groups is 1. The number of amides is 3. The molecule has 2 aromatic carbocycles. The van der Waals surface area contributed by atoms with Gasteiger partial charge in [-0.2, -0.15) is 18.4 Å². The van der Waals surface area contributed by atoms with Crippen LogP contribution >= 0.6 is 0 Å². The van der Waals surface area contributed by atoms with Crippen molar-refractivity contribution in [1.82, 2.24) is 4.90 Å². The number of carbonyl (C=O) groups excluding carboxylic acids is 2. The number of imide groups is 1. The van der Waals surface area contributed by atoms with Gasteiger partial charge in [0.05, 0.1) is 22.9 Å². The lowest BCUT2D eigenvalue weighted by molar-refractivity contribution is -0.137. The number of phenolic OH excluding ortho intramolecular Hbond substituents is 1. The minimum absolute atomic E-state index is 0.0166. The SMILES string of the molecule is CC1(C)C(=O)N(c2ccc(C#N)c(C(F)(F)F)c2)C(=O)N1Cc1cccc(O)c1. The summed E-state index contributed by atoms with van der Waals surface area (Å²) in [5.74, 6) is -0.711. The summed E-state index contributed by atoms with van der Waals surface area (Å²) in [5.41, 5.74) is -2.86. The Balaban J connectivity index is 2.02. The summed E-state index contributed by atoms with van der Waals surface area (Å²) in [6.45, 7) is 2.96. The average Bonchev–Trinajstić information content (AvgIpc) is 2.80. The molecule has 1 N–H and O–H groups in total. The summed E-state index contributed by atoms with van der Waals surface area (Å²) in [6.07, 6.45) is -4.82. The fraction of sp³-hybridized carbons (Fsp3) is 0.250. The van der Waals surface area contributed by atoms with E-state index in [-0.39, 0.29) is 18.0 Å². The third-order valence-corrected chi connectivity index (χ3v) is 4.76. The molecule has 0 aromatic heterocycles. The standard InChI is InChI=1S/C20H16F3N3O3/c1-19(2)17(28)26(14-7-6-13(10-24)16(9-14)20(21,22)23)18(29)25(19)11-12-4-3-5-15(27)8-12/h3-9,27H,11H2,1-2H3. The monoisotopic (exact) mass is 403 g/mol. The molecule has 9 heteroatoms. The van der Waals surface area contributed by atoms with Gasteiger partial charge in [-0.15, -0.1) is 0 Å². The predicted octanol–water partition coefficient (Wildman–Crippen LogP) is 4.03. The molecule has 1 aliphatic rings. The first kappa shape index (κ1) is 20.2. The number of phenols is 1. The van der Waals surface area contributed by atoms with E-state index in [2.05, 4.69) is 0 Å². The van der Waals surface area contributed by atoms with Crippen molar-refractivity contribution in [3.63, 3.8) is 0 Å². The second-order valence-corrected chi connectivity index (χ2v) is 7.08. The molecule has 0 radical (unpaired) electrons. The van der Waals surface area contributed by atoms with Crippen molar-refractivity contribution in [2.24, 2.45) is 0 Å². The zero-order valence-corrected chi connectivity index (χ0v) is 15.5. The fourth-order valence-corrected chi connectivity index (χ4v) is 3.17. The first-order chi connectivity index (χ1) is 13.5. The van der Waals surface area contributed by atoms with Gasteiger partial charge < -0.3 is 10.0 Å². The normalized spacial score (nSPS) is 16.3. The molecule has 29 heavy (non-hydrogen) atoms. The zero-order chi connectivity index (χ0) is 21.6. The Kier molecular flexibility index (Phi) is 4.74. The zero-order valence-electron chi connectivity index (χ0n) is 15.5. The van der Waals surface area contributed by atoms with Crippen molar-refractivity contribution < 1.29 is 27.9 Å². The van der Waals surface area contributed by atoms with Gasteiger partial charge in [-0.1, -0.05) is 12.1 Å². The minimum atomic E-state index is -4.82. The molecule has 1 aliphatic heterocycles. The van der Waals surface area contributed by atoms with Crippen molar-refractivity contribution in [3.8, 4) is 11.8 Å². The van der Waals surface area contributed by atoms with Crippen LogP contribution in [0.2, 0.25) is 0 Å². The van der Waals surface area contributed by atoms with Gasteiger partial charge in [0.2, 0.25) is 0 Å². The molecule has 2 aromatic rings. The molecule has 0 aliphatic carbocycles. The Morgan fingerprint density at radius 3 is 2.41 bits per heavy atom. The van der Waals surface area contributed by atoms with Crippen molar-refractivity contribution in [3.05, 3.63) is 59.2 Å². The summed E-state index contributed by atoms with van der Waals surface area (Å²) >= 11 is 0. The number of rotatable bonds is 3. The largest absolute Gasteiger partial charge is 0.508 e. The first-order valence-corrected chi connectivity index (χ1v) is 8.52. The second kappa shape index (κ2) is 6.81. The van der Waals surface area contributed by atoms with Crippen molar-refractivity contribution >= 4 is 17.6 Å². The summed E-state index contributed by atoms with van der Waals surface area (Å²) in [5, 5.41) is 18.5. The van der Waals surface area contributed by atoms with E-state index in [1.165, 1.54) is 36.9 Å². The number of hydrogen-bond donors (Lipinski definition) is 1. The third kappa shape index (κ3) is 3.49. The number of halogens is 3. The third-order valence-electron chi connectivity index (χ3n) is 4.76. The molecule has 0 unspecified atom stereocenters. The van der Waals surface area contributed by atoms with Crippen LogP contribution in [0.1, 0.15) is 30.5 Å². The number of urea groups is 1. The summed E-state index contributed by atoms with van der Waals surface area (Å²) in [6, 6.07) is 9.48. The van der Waals surface area contributed by atoms with E-state index in [4.69, 9.17) is 5.26 Å². The smallest absolute Gasteiger partial charge is 0.417 e. The van der Waals surface area contributed by atoms with E-state index < -0.39 is 34.8 Å². The lowest BCUT2D eigenvalue weighted by Gasteiger charge is -2.27. The average molecular weight is 403 g/mol. The van der Waals surface area contributed by atoms with E-state index in [0.29, 0.717) is 16.5 Å². The highest BCUT2D eigenvalue weighted by Gasteiger charge is 2.52. The van der Waals surface area contributed by atoms with Crippen LogP contribution in [-0.2, 0) is 17.5 Å². The Morgan fingerprint density at radius 1 is 1.14 bits per heavy atom. The number of benzene rings is 2. The van der Waals surface area contributed by atoms with Crippen molar-refractivity contribution in [1.29, 1.82) is 5.26 Å². The van der Waals surface area contributed by atoms with Gasteiger partial charge >= 0.3 is 12.2 Å². The fourth-order valence-electron chi connectivity index (χ4n) is 3.17. The lowest BCUT2D eigenvalue weighted by Crippen LogP contribution is -2.43. The van der Waals surface area contributed by atoms with Crippen LogP contribution in [0.25, 0.3) is 0 Å². The second-order valence-electron chi connectivity index (χ2n) is 7.08. The van der Waals surface area contributed by atoms with Crippen LogP contribution in [-0.4, -0.2) is 27.5 Å². The predicted molar refractivity (Wildman–Crippen MR) is 96.8 cm³/mol. The van der Waals surface area contributed by atoms with Crippen molar-refractivity contribution in [2.45, 2.75) is 32.1 Å². The number of anilines is 1. The lowest BCUT2D eigenvalue weighted by atomic mass is 10.0. The molecule has 0 spiro atoms. The van der Waals surface area contributed by atoms with Crippen LogP contribution in [0.3, 0.4) is 0 Å². The molecule has 0 saturated carbocycles. The van der Waals surface area contributed by atoms with E-state index >= 15 is 0 Å². The van der Waals surface area contributed by atoms with Gasteiger partial charge in [0.25, 0.3) is 5.91 Å². The Labute approximate surface area is 164 Å². The molecule has 150 valence electrons. The molecule has 1 fully saturated rings. The molecular weight excluding hydrogens is 387 g/mol. The van der Waals surface area contributed by atoms with E-state index in [9.17, 15) is 27.9 Å². The molecule has 0 bridgehead atoms. The molecule has 6 nitrogen and oxygen atoms in total. The Bertz CT molecular complexity index is 1040. The van der Waals surface area contributed by atoms with Gasteiger partial charge in [0.15, 0.2) is 0 Å². The number of hydrogen-bond acceptors (Lipinski definition) is 4. The van der Waals surface area contributed by atoms with E-state index in [1.807, 2.05) is 0 Å². The Morgan fingerprint density at radius 2 is 1.83 bits per heavy atom. The van der Waals surface area contributed by atoms with E-state index in [0.717, 1.165) is 12.1 Å². The highest BCUT2D eigenvalue weighted by molar-refractivity contribution is 6.23. The quantitative estimate of drug-likeness (QED) is 0.785. The maximum Gasteiger partial charge on any atom is 0.417 e. The maximum absolute atomic E-state index is 13.3. The van der Waals surface area contributed by atoms with Crippen LogP contribution in [0, 0.1) is 11.3 Å². The topological polar surface area (TPSA) is 84.6 Å². The molecule has 1 heterocycles. The highest BCUT2D eigenvalue weighted by Crippen LogP contribution is 2.38. The van der Waals surface area contributed by atoms with Crippen LogP contribution in [0.15, 0.2) is 42.5 Å². The summed E-state index contributed by atoms with van der Waals surface area (Å²) in [4.78, 5) is 27.7.